The molecule has 2 unspecified atom stereocenters. The minimum Gasteiger partial charge on any atom is -0.438 e. The first-order valence-corrected chi connectivity index (χ1v) is 9.50. The summed E-state index contributed by atoms with van der Waals surface area (Å²) in [6, 6.07) is 3.62. The number of aromatic nitrogens is 1. The van der Waals surface area contributed by atoms with Crippen LogP contribution in [-0.4, -0.2) is 60.4 Å². The van der Waals surface area contributed by atoms with Crippen LogP contribution in [0.25, 0.3) is 0 Å². The van der Waals surface area contributed by atoms with Gasteiger partial charge >= 0.3 is 6.09 Å². The number of carbonyl (C=O) groups excluding carboxylic acids is 1. The number of piperidine rings is 1. The van der Waals surface area contributed by atoms with Gasteiger partial charge in [-0.3, -0.25) is 15.3 Å². The highest BCUT2D eigenvalue weighted by Gasteiger charge is 2.56. The molecule has 9 nitrogen and oxygen atoms in total. The van der Waals surface area contributed by atoms with Gasteiger partial charge in [-0.25, -0.2) is 4.79 Å². The fourth-order valence-electron chi connectivity index (χ4n) is 4.01. The van der Waals surface area contributed by atoms with Crippen LogP contribution in [0.3, 0.4) is 0 Å². The maximum atomic E-state index is 12.3. The highest BCUT2D eigenvalue weighted by molar-refractivity contribution is 5.94. The number of hydrogen-bond donors (Lipinski definition) is 2. The van der Waals surface area contributed by atoms with Crippen molar-refractivity contribution in [2.45, 2.75) is 18.9 Å². The van der Waals surface area contributed by atoms with Crippen molar-refractivity contribution >= 4 is 17.7 Å². The quantitative estimate of drug-likeness (QED) is 0.342. The summed E-state index contributed by atoms with van der Waals surface area (Å²) in [4.78, 5) is 22.5. The van der Waals surface area contributed by atoms with E-state index in [9.17, 15) is 4.79 Å². The zero-order valence-corrected chi connectivity index (χ0v) is 15.8. The largest absolute Gasteiger partial charge is 0.438 e. The SMILES string of the molecule is CC1(OC(=O)N2CC3C(CCN=C(NC#N)Nc4ccncc4)C3C2)COC1. The summed E-state index contributed by atoms with van der Waals surface area (Å²) in [6.07, 6.45) is 5.97. The number of ether oxygens (including phenoxy) is 2. The molecule has 1 aliphatic carbocycles. The van der Waals surface area contributed by atoms with E-state index in [1.165, 1.54) is 0 Å². The summed E-state index contributed by atoms with van der Waals surface area (Å²) in [6.45, 7) is 5.00. The molecule has 0 aromatic carbocycles. The highest BCUT2D eigenvalue weighted by Crippen LogP contribution is 2.53. The number of nitrogens with zero attached hydrogens (tertiary/aromatic N) is 4. The van der Waals surface area contributed by atoms with Crippen molar-refractivity contribution in [2.24, 2.45) is 22.7 Å². The van der Waals surface area contributed by atoms with Gasteiger partial charge in [0.15, 0.2) is 11.8 Å². The van der Waals surface area contributed by atoms with Crippen LogP contribution in [-0.2, 0) is 9.47 Å². The Morgan fingerprint density at radius 2 is 2.14 bits per heavy atom. The zero-order valence-electron chi connectivity index (χ0n) is 15.8. The van der Waals surface area contributed by atoms with Gasteiger partial charge in [0.1, 0.15) is 0 Å². The van der Waals surface area contributed by atoms with E-state index < -0.39 is 5.60 Å². The summed E-state index contributed by atoms with van der Waals surface area (Å²) >= 11 is 0. The number of fused-ring (bicyclic) bond motifs is 1. The van der Waals surface area contributed by atoms with Crippen LogP contribution in [0.4, 0.5) is 10.5 Å². The van der Waals surface area contributed by atoms with Crippen LogP contribution in [0, 0.1) is 29.2 Å². The lowest BCUT2D eigenvalue weighted by Crippen LogP contribution is -2.52. The highest BCUT2D eigenvalue weighted by atomic mass is 16.6. The van der Waals surface area contributed by atoms with Crippen molar-refractivity contribution in [3.05, 3.63) is 24.5 Å². The standard InChI is InChI=1S/C19H24N6O3/c1-19(10-27-11-19)28-18(26)25-8-15-14(16(15)9-25)4-7-22-17(23-12-20)24-13-2-5-21-6-3-13/h2-3,5-6,14-16H,4,7-11H2,1H3,(H2,21,22,23,24). The molecule has 1 saturated carbocycles. The number of pyridine rings is 1. The number of guanidine groups is 1. The van der Waals surface area contributed by atoms with Crippen LogP contribution in [0.5, 0.6) is 0 Å². The lowest BCUT2D eigenvalue weighted by Gasteiger charge is -2.38. The number of carbonyl (C=O) groups is 1. The molecule has 0 spiro atoms. The molecule has 3 fully saturated rings. The Morgan fingerprint density at radius 1 is 1.43 bits per heavy atom. The molecular weight excluding hydrogens is 360 g/mol. The molecule has 1 aromatic rings. The third-order valence-electron chi connectivity index (χ3n) is 5.63. The summed E-state index contributed by atoms with van der Waals surface area (Å²) in [5.74, 6) is 2.09. The topological polar surface area (TPSA) is 112 Å². The zero-order chi connectivity index (χ0) is 19.6. The first-order chi connectivity index (χ1) is 13.6. The van der Waals surface area contributed by atoms with Crippen LogP contribution in [0.15, 0.2) is 29.5 Å². The molecule has 2 aliphatic heterocycles. The number of aliphatic imine (C=N–C) groups is 1. The molecule has 28 heavy (non-hydrogen) atoms. The molecule has 9 heteroatoms. The van der Waals surface area contributed by atoms with Crippen molar-refractivity contribution in [2.75, 3.05) is 38.2 Å². The fraction of sp³-hybridized carbons (Fsp3) is 0.579. The minimum absolute atomic E-state index is 0.225. The van der Waals surface area contributed by atoms with E-state index in [1.807, 2.05) is 30.1 Å². The molecule has 0 radical (unpaired) electrons. The van der Waals surface area contributed by atoms with E-state index in [0.29, 0.717) is 43.5 Å². The number of hydrogen-bond acceptors (Lipinski definition) is 6. The predicted molar refractivity (Wildman–Crippen MR) is 101 cm³/mol. The Labute approximate surface area is 163 Å². The average molecular weight is 384 g/mol. The Morgan fingerprint density at radius 3 is 2.75 bits per heavy atom. The van der Waals surface area contributed by atoms with Crippen LogP contribution in [0.2, 0.25) is 0 Å². The van der Waals surface area contributed by atoms with Crippen molar-refractivity contribution in [3.63, 3.8) is 0 Å². The number of amides is 1. The Hall–Kier alpha value is -2.86. The van der Waals surface area contributed by atoms with Gasteiger partial charge in [-0.2, -0.15) is 5.26 Å². The van der Waals surface area contributed by atoms with Gasteiger partial charge in [-0.1, -0.05) is 0 Å². The molecular formula is C19H24N6O3. The average Bonchev–Trinajstić information content (AvgIpc) is 3.10. The molecule has 1 aromatic heterocycles. The van der Waals surface area contributed by atoms with E-state index in [1.54, 1.807) is 12.4 Å². The molecule has 2 atom stereocenters. The molecule has 2 saturated heterocycles. The third kappa shape index (κ3) is 4.02. The first kappa shape index (κ1) is 18.5. The number of anilines is 1. The molecule has 2 N–H and O–H groups in total. The first-order valence-electron chi connectivity index (χ1n) is 9.50. The van der Waals surface area contributed by atoms with Gasteiger partial charge in [0.25, 0.3) is 0 Å². The fourth-order valence-corrected chi connectivity index (χ4v) is 4.01. The lowest BCUT2D eigenvalue weighted by atomic mass is 10.1. The maximum absolute atomic E-state index is 12.3. The normalized spacial score (nSPS) is 27.2. The Balaban J connectivity index is 1.21. The smallest absolute Gasteiger partial charge is 0.410 e. The Bertz CT molecular complexity index is 777. The van der Waals surface area contributed by atoms with Crippen molar-refractivity contribution in [1.82, 2.24) is 15.2 Å². The van der Waals surface area contributed by atoms with Crippen LogP contribution < -0.4 is 10.6 Å². The monoisotopic (exact) mass is 384 g/mol. The maximum Gasteiger partial charge on any atom is 0.410 e. The summed E-state index contributed by atoms with van der Waals surface area (Å²) in [5.41, 5.74) is 0.365. The van der Waals surface area contributed by atoms with Gasteiger partial charge in [-0.15, -0.1) is 0 Å². The van der Waals surface area contributed by atoms with E-state index in [2.05, 4.69) is 20.6 Å². The summed E-state index contributed by atoms with van der Waals surface area (Å²) in [5, 5.41) is 14.5. The molecule has 3 heterocycles. The van der Waals surface area contributed by atoms with Crippen molar-refractivity contribution in [3.8, 4) is 6.19 Å². The molecule has 4 rings (SSSR count). The van der Waals surface area contributed by atoms with Crippen LogP contribution in [0.1, 0.15) is 13.3 Å². The molecule has 148 valence electrons. The number of nitrogens with one attached hydrogen (secondary N) is 2. The number of rotatable bonds is 5. The van der Waals surface area contributed by atoms with Gasteiger partial charge in [-0.05, 0) is 43.2 Å². The number of likely N-dealkylation sites (tertiary alicyclic amines) is 1. The molecule has 0 bridgehead atoms. The lowest BCUT2D eigenvalue weighted by molar-refractivity contribution is -0.171. The van der Waals surface area contributed by atoms with E-state index >= 15 is 0 Å². The molecule has 1 amide bonds. The summed E-state index contributed by atoms with van der Waals surface area (Å²) in [7, 11) is 0. The van der Waals surface area contributed by atoms with Gasteiger partial charge in [0.2, 0.25) is 5.96 Å². The van der Waals surface area contributed by atoms with Crippen molar-refractivity contribution < 1.29 is 14.3 Å². The van der Waals surface area contributed by atoms with Gasteiger partial charge < -0.3 is 19.7 Å². The van der Waals surface area contributed by atoms with E-state index in [4.69, 9.17) is 14.7 Å². The van der Waals surface area contributed by atoms with E-state index in [-0.39, 0.29) is 6.09 Å². The Kier molecular flexibility index (Phi) is 5.05. The number of nitriles is 1. The van der Waals surface area contributed by atoms with Gasteiger partial charge in [0, 0.05) is 37.7 Å². The third-order valence-corrected chi connectivity index (χ3v) is 5.63. The van der Waals surface area contributed by atoms with E-state index in [0.717, 1.165) is 25.2 Å². The predicted octanol–water partition coefficient (Wildman–Crippen LogP) is 1.41. The van der Waals surface area contributed by atoms with Crippen molar-refractivity contribution in [1.29, 1.82) is 5.26 Å². The second-order valence-corrected chi connectivity index (χ2v) is 7.82. The minimum atomic E-state index is -0.454. The second kappa shape index (κ2) is 7.64. The summed E-state index contributed by atoms with van der Waals surface area (Å²) < 4.78 is 10.7. The van der Waals surface area contributed by atoms with Gasteiger partial charge in [0.05, 0.1) is 13.2 Å². The molecule has 3 aliphatic rings. The van der Waals surface area contributed by atoms with Crippen LogP contribution >= 0.6 is 0 Å². The second-order valence-electron chi connectivity index (χ2n) is 7.82.